The summed E-state index contributed by atoms with van der Waals surface area (Å²) in [6, 6.07) is 13.2. The van der Waals surface area contributed by atoms with Crippen LogP contribution in [0.5, 0.6) is 0 Å². The average Bonchev–Trinajstić information content (AvgIpc) is 2.73. The summed E-state index contributed by atoms with van der Waals surface area (Å²) in [5, 5.41) is 3.83. The van der Waals surface area contributed by atoms with Gasteiger partial charge in [-0.25, -0.2) is 0 Å². The predicted molar refractivity (Wildman–Crippen MR) is 124 cm³/mol. The number of likely N-dealkylation sites (N-methyl/N-ethyl adjacent to an activating group) is 1. The largest absolute Gasteiger partial charge is 0.349 e. The summed E-state index contributed by atoms with van der Waals surface area (Å²) in [7, 11) is 1.75. The molecule has 1 aliphatic carbocycles. The lowest BCUT2D eigenvalue weighted by atomic mass is 9.86. The van der Waals surface area contributed by atoms with Crippen molar-refractivity contribution in [3.05, 3.63) is 63.5 Å². The number of nitrogens with zero attached hydrogens (tertiary/aromatic N) is 1. The molecule has 0 radical (unpaired) electrons. The Balaban J connectivity index is 1.56. The Morgan fingerprint density at radius 2 is 2.00 bits per heavy atom. The van der Waals surface area contributed by atoms with Gasteiger partial charge in [-0.05, 0) is 60.7 Å². The Labute approximate surface area is 186 Å². The van der Waals surface area contributed by atoms with Gasteiger partial charge in [0, 0.05) is 28.6 Å². The number of hydrogen-bond donors (Lipinski definition) is 1. The summed E-state index contributed by atoms with van der Waals surface area (Å²) in [5.74, 6) is 0.341. The molecule has 4 nitrogen and oxygen atoms in total. The lowest BCUT2D eigenvalue weighted by Gasteiger charge is -2.30. The minimum Gasteiger partial charge on any atom is -0.349 e. The Bertz CT molecular complexity index is 1020. The minimum atomic E-state index is -0.0917. The number of anilines is 1. The van der Waals surface area contributed by atoms with Gasteiger partial charge in [-0.2, -0.15) is 0 Å². The molecule has 2 aliphatic rings. The molecule has 2 amide bonds. The number of nitrogens with one attached hydrogen (secondary N) is 1. The van der Waals surface area contributed by atoms with Gasteiger partial charge in [0.15, 0.2) is 0 Å². The quantitative estimate of drug-likeness (QED) is 0.617. The lowest BCUT2D eigenvalue weighted by molar-refractivity contribution is -0.114. The zero-order valence-corrected chi connectivity index (χ0v) is 18.7. The molecule has 1 fully saturated rings. The third-order valence-electron chi connectivity index (χ3n) is 5.89. The molecule has 1 N–H and O–H groups in total. The third-order valence-corrected chi connectivity index (χ3v) is 7.20. The average molecular weight is 441 g/mol. The predicted octanol–water partition coefficient (Wildman–Crippen LogP) is 5.76. The van der Waals surface area contributed by atoms with Crippen LogP contribution in [0.2, 0.25) is 5.02 Å². The Morgan fingerprint density at radius 1 is 1.20 bits per heavy atom. The smallest absolute Gasteiger partial charge is 0.264 e. The van der Waals surface area contributed by atoms with Crippen molar-refractivity contribution in [3.8, 4) is 0 Å². The van der Waals surface area contributed by atoms with Crippen molar-refractivity contribution in [2.75, 3.05) is 11.9 Å². The molecule has 4 rings (SSSR count). The van der Waals surface area contributed by atoms with Crippen LogP contribution >= 0.6 is 23.4 Å². The van der Waals surface area contributed by atoms with E-state index >= 15 is 0 Å². The monoisotopic (exact) mass is 440 g/mol. The number of halogens is 1. The molecule has 0 unspecified atom stereocenters. The zero-order valence-electron chi connectivity index (χ0n) is 17.2. The van der Waals surface area contributed by atoms with Gasteiger partial charge in [0.2, 0.25) is 0 Å². The molecule has 6 heteroatoms. The van der Waals surface area contributed by atoms with Crippen LogP contribution in [-0.4, -0.2) is 24.9 Å². The molecule has 156 valence electrons. The van der Waals surface area contributed by atoms with Gasteiger partial charge in [0.25, 0.3) is 11.8 Å². The van der Waals surface area contributed by atoms with Crippen LogP contribution in [0.15, 0.2) is 52.3 Å². The summed E-state index contributed by atoms with van der Waals surface area (Å²) in [5.41, 5.74) is 2.24. The fourth-order valence-corrected chi connectivity index (χ4v) is 5.36. The molecule has 1 aliphatic heterocycles. The maximum absolute atomic E-state index is 12.9. The Morgan fingerprint density at radius 3 is 2.77 bits per heavy atom. The molecule has 1 heterocycles. The van der Waals surface area contributed by atoms with Crippen molar-refractivity contribution in [2.45, 2.75) is 43.5 Å². The van der Waals surface area contributed by atoms with Crippen molar-refractivity contribution in [1.82, 2.24) is 5.32 Å². The highest BCUT2D eigenvalue weighted by atomic mass is 35.5. The van der Waals surface area contributed by atoms with E-state index in [4.69, 9.17) is 11.6 Å². The van der Waals surface area contributed by atoms with Crippen molar-refractivity contribution >= 4 is 46.9 Å². The molecule has 0 aromatic heterocycles. The van der Waals surface area contributed by atoms with Crippen molar-refractivity contribution < 1.29 is 9.59 Å². The molecule has 0 bridgehead atoms. The summed E-state index contributed by atoms with van der Waals surface area (Å²) >= 11 is 7.49. The number of hydrogen-bond acceptors (Lipinski definition) is 3. The van der Waals surface area contributed by atoms with Crippen LogP contribution in [0, 0.1) is 5.92 Å². The highest BCUT2D eigenvalue weighted by molar-refractivity contribution is 8.04. The second-order valence-electron chi connectivity index (χ2n) is 8.05. The van der Waals surface area contributed by atoms with E-state index in [1.807, 2.05) is 48.5 Å². The normalized spacial score (nSPS) is 22.7. The van der Waals surface area contributed by atoms with Gasteiger partial charge < -0.3 is 10.2 Å². The molecule has 0 spiro atoms. The summed E-state index contributed by atoms with van der Waals surface area (Å²) in [4.78, 5) is 28.9. The summed E-state index contributed by atoms with van der Waals surface area (Å²) in [6.45, 7) is 2.20. The molecular weight excluding hydrogens is 416 g/mol. The van der Waals surface area contributed by atoms with E-state index < -0.39 is 0 Å². The molecule has 0 saturated heterocycles. The van der Waals surface area contributed by atoms with Gasteiger partial charge in [0.1, 0.15) is 0 Å². The first-order chi connectivity index (χ1) is 14.4. The molecule has 2 aromatic rings. The van der Waals surface area contributed by atoms with Crippen LogP contribution in [-0.2, 0) is 4.79 Å². The number of fused-ring (bicyclic) bond motifs is 1. The van der Waals surface area contributed by atoms with Gasteiger partial charge in [-0.3, -0.25) is 9.59 Å². The summed E-state index contributed by atoms with van der Waals surface area (Å²) < 4.78 is 0. The van der Waals surface area contributed by atoms with Crippen LogP contribution in [0.4, 0.5) is 5.69 Å². The lowest BCUT2D eigenvalue weighted by Crippen LogP contribution is -2.41. The first-order valence-corrected chi connectivity index (χ1v) is 11.5. The fraction of sp³-hybridized carbons (Fsp3) is 0.333. The van der Waals surface area contributed by atoms with Crippen LogP contribution in [0.25, 0.3) is 6.08 Å². The SMILES string of the molecule is C[C@@H]1CCCC[C@H]1NC(=O)c1ccc2c(c1)N(C)C(=O)/C(=C/c1cccc(Cl)c1)S2. The topological polar surface area (TPSA) is 49.4 Å². The van der Waals surface area contributed by atoms with E-state index in [-0.39, 0.29) is 17.9 Å². The minimum absolute atomic E-state index is 0.0670. The maximum atomic E-state index is 12.9. The first-order valence-electron chi connectivity index (χ1n) is 10.3. The summed E-state index contributed by atoms with van der Waals surface area (Å²) in [6.07, 6.45) is 6.44. The molecular formula is C24H25ClN2O2S. The Kier molecular flexibility index (Phi) is 6.21. The molecule has 2 atom stereocenters. The van der Waals surface area contributed by atoms with E-state index in [9.17, 15) is 9.59 Å². The van der Waals surface area contributed by atoms with Gasteiger partial charge in [-0.1, -0.05) is 55.3 Å². The first kappa shape index (κ1) is 21.0. The van der Waals surface area contributed by atoms with Crippen LogP contribution < -0.4 is 10.2 Å². The zero-order chi connectivity index (χ0) is 21.3. The van der Waals surface area contributed by atoms with E-state index in [0.717, 1.165) is 35.4 Å². The number of thioether (sulfide) groups is 1. The maximum Gasteiger partial charge on any atom is 0.264 e. The van der Waals surface area contributed by atoms with Gasteiger partial charge in [0.05, 0.1) is 10.6 Å². The van der Waals surface area contributed by atoms with Crippen molar-refractivity contribution in [2.24, 2.45) is 5.92 Å². The van der Waals surface area contributed by atoms with Gasteiger partial charge >= 0.3 is 0 Å². The second kappa shape index (κ2) is 8.86. The van der Waals surface area contributed by atoms with Crippen molar-refractivity contribution in [1.29, 1.82) is 0 Å². The molecule has 1 saturated carbocycles. The third kappa shape index (κ3) is 4.42. The van der Waals surface area contributed by atoms with E-state index in [1.54, 1.807) is 11.9 Å². The van der Waals surface area contributed by atoms with Crippen LogP contribution in [0.1, 0.15) is 48.5 Å². The van der Waals surface area contributed by atoms with Gasteiger partial charge in [-0.15, -0.1) is 0 Å². The number of amides is 2. The van der Waals surface area contributed by atoms with E-state index in [1.165, 1.54) is 18.2 Å². The highest BCUT2D eigenvalue weighted by Gasteiger charge is 2.28. The number of carbonyl (C=O) groups is 2. The standard InChI is InChI=1S/C24H25ClN2O2S/c1-15-6-3-4-9-19(15)26-23(28)17-10-11-21-20(14-17)27(2)24(29)22(30-21)13-16-7-5-8-18(25)12-16/h5,7-8,10-15,19H,3-4,6,9H2,1-2H3,(H,26,28)/b22-13-/t15-,19-/m1/s1. The van der Waals surface area contributed by atoms with E-state index in [2.05, 4.69) is 12.2 Å². The van der Waals surface area contributed by atoms with Crippen molar-refractivity contribution in [3.63, 3.8) is 0 Å². The number of benzene rings is 2. The van der Waals surface area contributed by atoms with Crippen LogP contribution in [0.3, 0.4) is 0 Å². The fourth-order valence-electron chi connectivity index (χ4n) is 4.07. The number of carbonyl (C=O) groups excluding carboxylic acids is 2. The number of rotatable bonds is 3. The molecule has 2 aromatic carbocycles. The Hall–Kier alpha value is -2.24. The van der Waals surface area contributed by atoms with E-state index in [0.29, 0.717) is 21.4 Å². The highest BCUT2D eigenvalue weighted by Crippen LogP contribution is 2.42. The molecule has 30 heavy (non-hydrogen) atoms. The second-order valence-corrected chi connectivity index (χ2v) is 9.57.